The van der Waals surface area contributed by atoms with Gasteiger partial charge >= 0.3 is 0 Å². The van der Waals surface area contributed by atoms with Crippen molar-refractivity contribution in [2.45, 2.75) is 64.2 Å². The van der Waals surface area contributed by atoms with Crippen molar-refractivity contribution in [1.29, 1.82) is 0 Å². The van der Waals surface area contributed by atoms with Gasteiger partial charge in [-0.05, 0) is 235 Å². The van der Waals surface area contributed by atoms with E-state index in [1.54, 1.807) is 0 Å². The summed E-state index contributed by atoms with van der Waals surface area (Å²) in [5.41, 5.74) is 29.2. The fourth-order valence-electron chi connectivity index (χ4n) is 17.1. The van der Waals surface area contributed by atoms with Gasteiger partial charge in [0.1, 0.15) is 0 Å². The molecule has 4 aliphatic rings. The second kappa shape index (κ2) is 21.5. The lowest BCUT2D eigenvalue weighted by molar-refractivity contribution is 0.660. The number of allylic oxidation sites excluding steroid dienone is 8. The number of para-hydroxylation sites is 4. The normalized spacial score (nSPS) is 14.9. The highest BCUT2D eigenvalue weighted by atomic mass is 15.2. The van der Waals surface area contributed by atoms with Gasteiger partial charge in [-0.1, -0.05) is 210 Å². The molecule has 15 aromatic rings. The predicted octanol–water partition coefficient (Wildman–Crippen LogP) is 25.5. The SMILES string of the molecule is CC1(C)c2cc(-c3c4ccccc4c(-c4ccc5c(c4)C(C)(C)c4cc(N(c6ccccc6)c6ccc7c(c6)c6ccccc6n7C6=CCCC=C6)ccc4-5)c4ccccc34)ccc2-c2ccc(N(c3ccccc3)c3ccc4c(c3)c3ccccc3n4C3=CCCC=C3)cc21. The highest BCUT2D eigenvalue weighted by Gasteiger charge is 2.39. The molecule has 458 valence electrons. The number of hydrogen-bond donors (Lipinski definition) is 0. The summed E-state index contributed by atoms with van der Waals surface area (Å²) in [7, 11) is 0. The molecule has 13 aromatic carbocycles. The highest BCUT2D eigenvalue weighted by molar-refractivity contribution is 6.22. The van der Waals surface area contributed by atoms with Crippen molar-refractivity contribution in [2.75, 3.05) is 9.80 Å². The topological polar surface area (TPSA) is 16.3 Å². The molecular weight excluding hydrogens is 1160 g/mol. The summed E-state index contributed by atoms with van der Waals surface area (Å²) in [6.45, 7) is 9.70. The van der Waals surface area contributed by atoms with Gasteiger partial charge in [0, 0.05) is 77.9 Å². The second-order valence-electron chi connectivity index (χ2n) is 27.7. The van der Waals surface area contributed by atoms with Crippen LogP contribution in [-0.4, -0.2) is 9.13 Å². The Bertz CT molecular complexity index is 5480. The van der Waals surface area contributed by atoms with Crippen LogP contribution in [0.4, 0.5) is 34.1 Å². The van der Waals surface area contributed by atoms with Crippen molar-refractivity contribution < 1.29 is 0 Å². The molecule has 0 amide bonds. The third kappa shape index (κ3) is 8.47. The Hall–Kier alpha value is -11.5. The number of fused-ring (bicyclic) bond motifs is 14. The summed E-state index contributed by atoms with van der Waals surface area (Å²) in [6, 6.07) is 101. The fourth-order valence-corrected chi connectivity index (χ4v) is 17.1. The molecule has 0 radical (unpaired) electrons. The highest BCUT2D eigenvalue weighted by Crippen LogP contribution is 2.56. The lowest BCUT2D eigenvalue weighted by Crippen LogP contribution is -2.16. The van der Waals surface area contributed by atoms with Crippen LogP contribution in [0.3, 0.4) is 0 Å². The molecular formula is C92H70N4. The minimum atomic E-state index is -0.292. The number of nitrogens with zero attached hydrogens (tertiary/aromatic N) is 4. The van der Waals surface area contributed by atoms with Gasteiger partial charge in [-0.2, -0.15) is 0 Å². The summed E-state index contributed by atoms with van der Waals surface area (Å²) >= 11 is 0. The first-order valence-electron chi connectivity index (χ1n) is 34.2. The molecule has 2 aromatic heterocycles. The molecule has 0 saturated heterocycles. The second-order valence-corrected chi connectivity index (χ2v) is 27.7. The number of benzene rings is 13. The van der Waals surface area contributed by atoms with E-state index in [1.807, 2.05) is 0 Å². The summed E-state index contributed by atoms with van der Waals surface area (Å²) in [5, 5.41) is 10.0. The average Bonchev–Trinajstić information content (AvgIpc) is 1.45. The smallest absolute Gasteiger partial charge is 0.0542 e. The van der Waals surface area contributed by atoms with E-state index in [1.165, 1.54) is 143 Å². The van der Waals surface area contributed by atoms with Crippen LogP contribution in [0.1, 0.15) is 75.6 Å². The fraction of sp³-hybridized carbons (Fsp3) is 0.109. The van der Waals surface area contributed by atoms with Gasteiger partial charge in [0.2, 0.25) is 0 Å². The van der Waals surface area contributed by atoms with Gasteiger partial charge in [0.05, 0.1) is 22.1 Å². The Kier molecular flexibility index (Phi) is 12.6. The Labute approximate surface area is 560 Å². The maximum absolute atomic E-state index is 2.52. The Morgan fingerprint density at radius 2 is 0.594 bits per heavy atom. The van der Waals surface area contributed by atoms with Crippen molar-refractivity contribution >= 4 is 111 Å². The van der Waals surface area contributed by atoms with Crippen molar-refractivity contribution in [3.8, 4) is 44.5 Å². The largest absolute Gasteiger partial charge is 0.310 e. The van der Waals surface area contributed by atoms with Crippen LogP contribution < -0.4 is 9.80 Å². The predicted molar refractivity (Wildman–Crippen MR) is 408 cm³/mol. The zero-order valence-electron chi connectivity index (χ0n) is 54.5. The number of rotatable bonds is 10. The molecule has 0 N–H and O–H groups in total. The minimum absolute atomic E-state index is 0.292. The molecule has 2 heterocycles. The Morgan fingerprint density at radius 3 is 0.979 bits per heavy atom. The van der Waals surface area contributed by atoms with Crippen molar-refractivity contribution in [3.05, 3.63) is 326 Å². The van der Waals surface area contributed by atoms with Gasteiger partial charge in [-0.15, -0.1) is 0 Å². The summed E-state index contributed by atoms with van der Waals surface area (Å²) in [5.74, 6) is 0. The molecule has 0 spiro atoms. The van der Waals surface area contributed by atoms with E-state index in [9.17, 15) is 0 Å². The van der Waals surface area contributed by atoms with Crippen LogP contribution in [-0.2, 0) is 10.8 Å². The summed E-state index contributed by atoms with van der Waals surface area (Å²) < 4.78 is 4.89. The third-order valence-corrected chi connectivity index (χ3v) is 21.7. The summed E-state index contributed by atoms with van der Waals surface area (Å²) in [4.78, 5) is 4.90. The molecule has 0 saturated carbocycles. The molecule has 0 fully saturated rings. The lowest BCUT2D eigenvalue weighted by Gasteiger charge is -2.28. The van der Waals surface area contributed by atoms with Gasteiger partial charge in [0.15, 0.2) is 0 Å². The molecule has 96 heavy (non-hydrogen) atoms. The molecule has 0 unspecified atom stereocenters. The van der Waals surface area contributed by atoms with Crippen molar-refractivity contribution in [1.82, 2.24) is 9.13 Å². The standard InChI is InChI=1S/C92H70N4/c1-91(2)81-53-59(41-47-69(81)71-49-43-67(57-83(71)91)93(61-25-9-5-10-26-61)65-45-51-87-79(55-65)73-33-21-23-39-85(73)95(87)63-29-13-7-14-30-63)89-75-35-17-19-37-77(75)90(78-38-20-18-36-76(78)89)60-42-48-70-72-50-44-68(58-84(72)92(3,4)82(70)54-60)94(62-27-11-6-12-28-62)66-46-52-88-80(56-66)74-34-22-24-40-86(74)96(88)64-31-15-8-16-32-64/h5-6,9-13,15,17-58H,7-8,14,16H2,1-4H3. The third-order valence-electron chi connectivity index (χ3n) is 21.7. The van der Waals surface area contributed by atoms with E-state index >= 15 is 0 Å². The molecule has 19 rings (SSSR count). The van der Waals surface area contributed by atoms with E-state index in [4.69, 9.17) is 0 Å². The quantitative estimate of drug-likeness (QED) is 0.127. The number of aromatic nitrogens is 2. The van der Waals surface area contributed by atoms with Crippen LogP contribution in [0.5, 0.6) is 0 Å². The maximum Gasteiger partial charge on any atom is 0.0542 e. The van der Waals surface area contributed by atoms with E-state index in [0.717, 1.165) is 59.8 Å². The van der Waals surface area contributed by atoms with E-state index < -0.39 is 0 Å². The minimum Gasteiger partial charge on any atom is -0.310 e. The van der Waals surface area contributed by atoms with Crippen LogP contribution in [0.15, 0.2) is 303 Å². The first-order valence-corrected chi connectivity index (χ1v) is 34.2. The maximum atomic E-state index is 2.52. The average molecular weight is 1230 g/mol. The van der Waals surface area contributed by atoms with Crippen LogP contribution in [0.2, 0.25) is 0 Å². The molecule has 4 aliphatic carbocycles. The van der Waals surface area contributed by atoms with Crippen LogP contribution in [0, 0.1) is 0 Å². The molecule has 0 aliphatic heterocycles. The number of hydrogen-bond acceptors (Lipinski definition) is 2. The lowest BCUT2D eigenvalue weighted by atomic mass is 9.79. The van der Waals surface area contributed by atoms with Crippen molar-refractivity contribution in [2.24, 2.45) is 0 Å². The Balaban J connectivity index is 0.684. The van der Waals surface area contributed by atoms with Gasteiger partial charge in [0.25, 0.3) is 0 Å². The van der Waals surface area contributed by atoms with E-state index in [0.29, 0.717) is 0 Å². The number of anilines is 6. The summed E-state index contributed by atoms with van der Waals surface area (Å²) in [6.07, 6.45) is 18.2. The van der Waals surface area contributed by atoms with Gasteiger partial charge < -0.3 is 18.9 Å². The molecule has 4 heteroatoms. The van der Waals surface area contributed by atoms with Crippen molar-refractivity contribution in [3.63, 3.8) is 0 Å². The molecule has 0 bridgehead atoms. The molecule has 0 atom stereocenters. The Morgan fingerprint density at radius 1 is 0.271 bits per heavy atom. The van der Waals surface area contributed by atoms with Gasteiger partial charge in [-0.25, -0.2) is 0 Å². The van der Waals surface area contributed by atoms with Gasteiger partial charge in [-0.3, -0.25) is 0 Å². The zero-order valence-corrected chi connectivity index (χ0v) is 54.5. The first-order chi connectivity index (χ1) is 47.2. The monoisotopic (exact) mass is 1230 g/mol. The molecule has 4 nitrogen and oxygen atoms in total. The first kappa shape index (κ1) is 56.1. The zero-order chi connectivity index (χ0) is 64.0. The van der Waals surface area contributed by atoms with E-state index in [2.05, 4.69) is 350 Å². The van der Waals surface area contributed by atoms with E-state index in [-0.39, 0.29) is 10.8 Å². The van der Waals surface area contributed by atoms with Crippen LogP contribution in [0.25, 0.3) is 121 Å². The van der Waals surface area contributed by atoms with Crippen LogP contribution >= 0.6 is 0 Å².